The van der Waals surface area contributed by atoms with Crippen LogP contribution in [0.2, 0.25) is 0 Å². The van der Waals surface area contributed by atoms with Gasteiger partial charge >= 0.3 is 5.63 Å². The predicted octanol–water partition coefficient (Wildman–Crippen LogP) is 4.22. The van der Waals surface area contributed by atoms with Gasteiger partial charge in [0.25, 0.3) is 17.4 Å². The zero-order valence-corrected chi connectivity index (χ0v) is 23.1. The second-order valence-electron chi connectivity index (χ2n) is 11.4. The van der Waals surface area contributed by atoms with Crippen molar-refractivity contribution in [3.63, 3.8) is 0 Å². The number of hydrogen-bond acceptors (Lipinski definition) is 6. The highest BCUT2D eigenvalue weighted by molar-refractivity contribution is 6.08. The molecule has 0 radical (unpaired) electrons. The van der Waals surface area contributed by atoms with E-state index in [1.54, 1.807) is 48.5 Å². The van der Waals surface area contributed by atoms with Crippen molar-refractivity contribution in [3.8, 4) is 0 Å². The van der Waals surface area contributed by atoms with Gasteiger partial charge < -0.3 is 24.5 Å². The zero-order chi connectivity index (χ0) is 28.7. The van der Waals surface area contributed by atoms with E-state index in [1.165, 1.54) is 6.07 Å². The minimum absolute atomic E-state index is 0.0181. The first-order valence-electron chi connectivity index (χ1n) is 14.0. The summed E-state index contributed by atoms with van der Waals surface area (Å²) in [6.07, 6.45) is 0.982. The van der Waals surface area contributed by atoms with E-state index in [4.69, 9.17) is 4.42 Å². The average Bonchev–Trinajstić information content (AvgIpc) is 2.96. The van der Waals surface area contributed by atoms with Gasteiger partial charge in [-0.05, 0) is 54.7 Å². The molecule has 2 amide bonds. The van der Waals surface area contributed by atoms with Crippen molar-refractivity contribution < 1.29 is 14.0 Å². The van der Waals surface area contributed by atoms with Crippen LogP contribution in [0, 0.1) is 11.8 Å². The van der Waals surface area contributed by atoms with E-state index in [0.717, 1.165) is 17.8 Å². The standard InChI is InChI=1S/C32H32N4O5/c1-19(2)15-33-30(38)22-10-11-27(35-16-20-12-23(18-35)26-7-5-9-29(37)36(26)17-20)25(14-22)34-31(39)24-13-21-6-3-4-8-28(21)41-32(24)40/h3-11,13-14,19-20,23H,12,15-18H2,1-2H3,(H,33,38)(H,34,39). The van der Waals surface area contributed by atoms with Gasteiger partial charge in [-0.3, -0.25) is 14.4 Å². The molecule has 2 N–H and O–H groups in total. The van der Waals surface area contributed by atoms with Crippen molar-refractivity contribution in [2.45, 2.75) is 32.7 Å². The lowest BCUT2D eigenvalue weighted by atomic mass is 9.83. The molecule has 210 valence electrons. The predicted molar refractivity (Wildman–Crippen MR) is 158 cm³/mol. The smallest absolute Gasteiger partial charge is 0.349 e. The molecule has 1 fully saturated rings. The highest BCUT2D eigenvalue weighted by Crippen LogP contribution is 2.39. The van der Waals surface area contributed by atoms with Crippen molar-refractivity contribution in [2.75, 3.05) is 29.9 Å². The number of nitrogens with one attached hydrogen (secondary N) is 2. The van der Waals surface area contributed by atoms with Crippen molar-refractivity contribution >= 4 is 34.2 Å². The largest absolute Gasteiger partial charge is 0.422 e. The van der Waals surface area contributed by atoms with Crippen LogP contribution in [-0.2, 0) is 6.54 Å². The third kappa shape index (κ3) is 5.27. The van der Waals surface area contributed by atoms with Crippen LogP contribution in [0.5, 0.6) is 0 Å². The number of carbonyl (C=O) groups excluding carboxylic acids is 2. The fourth-order valence-electron chi connectivity index (χ4n) is 5.96. The maximum absolute atomic E-state index is 13.5. The molecule has 2 aliphatic heterocycles. The fourth-order valence-corrected chi connectivity index (χ4v) is 5.96. The van der Waals surface area contributed by atoms with Crippen LogP contribution in [0.15, 0.2) is 80.7 Å². The van der Waals surface area contributed by atoms with Crippen LogP contribution in [0.3, 0.4) is 0 Å². The number of pyridine rings is 1. The lowest BCUT2D eigenvalue weighted by molar-refractivity contribution is 0.0947. The molecule has 41 heavy (non-hydrogen) atoms. The van der Waals surface area contributed by atoms with E-state index in [9.17, 15) is 19.2 Å². The van der Waals surface area contributed by atoms with E-state index in [-0.39, 0.29) is 34.8 Å². The van der Waals surface area contributed by atoms with Crippen molar-refractivity contribution in [1.29, 1.82) is 0 Å². The molecule has 4 aromatic rings. The Morgan fingerprint density at radius 1 is 0.951 bits per heavy atom. The quantitative estimate of drug-likeness (QED) is 0.347. The number of rotatable bonds is 6. The SMILES string of the molecule is CC(C)CNC(=O)c1ccc(N2CC3CC(C2)c2cccc(=O)n2C3)c(NC(=O)c2cc3ccccc3oc2=O)c1. The van der Waals surface area contributed by atoms with Crippen LogP contribution in [0.4, 0.5) is 11.4 Å². The summed E-state index contributed by atoms with van der Waals surface area (Å²) in [5.74, 6) is -0.157. The Labute approximate surface area is 236 Å². The third-order valence-electron chi connectivity index (χ3n) is 7.88. The number of anilines is 2. The maximum Gasteiger partial charge on any atom is 0.349 e. The number of carbonyl (C=O) groups is 2. The minimum atomic E-state index is -0.733. The Morgan fingerprint density at radius 3 is 2.61 bits per heavy atom. The first kappa shape index (κ1) is 26.6. The molecule has 0 spiro atoms. The number of fused-ring (bicyclic) bond motifs is 5. The first-order valence-corrected chi connectivity index (χ1v) is 14.0. The second kappa shape index (κ2) is 10.7. The summed E-state index contributed by atoms with van der Waals surface area (Å²) in [5.41, 5.74) is 2.18. The molecule has 9 nitrogen and oxygen atoms in total. The number of hydrogen-bond donors (Lipinski definition) is 2. The van der Waals surface area contributed by atoms with Crippen LogP contribution < -0.4 is 26.7 Å². The Bertz CT molecular complexity index is 1770. The molecule has 4 heterocycles. The Hall–Kier alpha value is -4.66. The molecule has 2 atom stereocenters. The van der Waals surface area contributed by atoms with Crippen molar-refractivity contribution in [3.05, 3.63) is 104 Å². The molecule has 6 rings (SSSR count). The molecule has 2 bridgehead atoms. The van der Waals surface area contributed by atoms with E-state index < -0.39 is 11.5 Å². The van der Waals surface area contributed by atoms with Crippen LogP contribution >= 0.6 is 0 Å². The second-order valence-corrected chi connectivity index (χ2v) is 11.4. The van der Waals surface area contributed by atoms with Gasteiger partial charge in [0.2, 0.25) is 0 Å². The van der Waals surface area contributed by atoms with Crippen molar-refractivity contribution in [1.82, 2.24) is 9.88 Å². The van der Waals surface area contributed by atoms with Crippen molar-refractivity contribution in [2.24, 2.45) is 11.8 Å². The lowest BCUT2D eigenvalue weighted by Crippen LogP contribution is -2.47. The van der Waals surface area contributed by atoms with Crippen LogP contribution in [0.25, 0.3) is 11.0 Å². The summed E-state index contributed by atoms with van der Waals surface area (Å²) in [6.45, 7) is 6.54. The summed E-state index contributed by atoms with van der Waals surface area (Å²) in [5, 5.41) is 6.47. The van der Waals surface area contributed by atoms with Gasteiger partial charge in [0.05, 0.1) is 11.4 Å². The summed E-state index contributed by atoms with van der Waals surface area (Å²) >= 11 is 0. The molecule has 1 saturated heterocycles. The third-order valence-corrected chi connectivity index (χ3v) is 7.88. The molecular formula is C32H32N4O5. The Balaban J connectivity index is 1.35. The summed E-state index contributed by atoms with van der Waals surface area (Å²) in [7, 11) is 0. The topological polar surface area (TPSA) is 114 Å². The van der Waals surface area contributed by atoms with E-state index in [1.807, 2.05) is 30.5 Å². The molecule has 2 aromatic carbocycles. The first-order chi connectivity index (χ1) is 19.8. The maximum atomic E-state index is 13.5. The minimum Gasteiger partial charge on any atom is -0.422 e. The lowest BCUT2D eigenvalue weighted by Gasteiger charge is -2.44. The highest BCUT2D eigenvalue weighted by atomic mass is 16.4. The molecule has 2 aromatic heterocycles. The average molecular weight is 553 g/mol. The number of piperidine rings is 1. The summed E-state index contributed by atoms with van der Waals surface area (Å²) in [6, 6.07) is 19.2. The molecule has 0 aliphatic carbocycles. The zero-order valence-electron chi connectivity index (χ0n) is 23.1. The molecule has 0 saturated carbocycles. The normalized spacial score (nSPS) is 17.8. The Morgan fingerprint density at radius 2 is 1.78 bits per heavy atom. The summed E-state index contributed by atoms with van der Waals surface area (Å²) in [4.78, 5) is 53.8. The monoisotopic (exact) mass is 552 g/mol. The van der Waals surface area contributed by atoms with E-state index >= 15 is 0 Å². The van der Waals surface area contributed by atoms with Gasteiger partial charge in [-0.1, -0.05) is 38.1 Å². The number of nitrogens with zero attached hydrogens (tertiary/aromatic N) is 2. The molecule has 2 aliphatic rings. The number of aromatic nitrogens is 1. The highest BCUT2D eigenvalue weighted by Gasteiger charge is 2.35. The molecule has 9 heteroatoms. The van der Waals surface area contributed by atoms with Gasteiger partial charge in [-0.25, -0.2) is 4.79 Å². The van der Waals surface area contributed by atoms with E-state index in [2.05, 4.69) is 15.5 Å². The van der Waals surface area contributed by atoms with Gasteiger partial charge in [0, 0.05) is 54.8 Å². The molecular weight excluding hydrogens is 520 g/mol. The van der Waals surface area contributed by atoms with Crippen LogP contribution in [-0.4, -0.2) is 36.0 Å². The van der Waals surface area contributed by atoms with Gasteiger partial charge in [-0.15, -0.1) is 0 Å². The Kier molecular flexibility index (Phi) is 6.95. The van der Waals surface area contributed by atoms with Gasteiger partial charge in [-0.2, -0.15) is 0 Å². The number of benzene rings is 2. The van der Waals surface area contributed by atoms with Gasteiger partial charge in [0.15, 0.2) is 0 Å². The van der Waals surface area contributed by atoms with E-state index in [0.29, 0.717) is 48.4 Å². The summed E-state index contributed by atoms with van der Waals surface area (Å²) < 4.78 is 7.26. The molecule has 2 unspecified atom stereocenters. The number of para-hydroxylation sites is 1. The van der Waals surface area contributed by atoms with Crippen LogP contribution in [0.1, 0.15) is 52.6 Å². The number of amides is 2. The van der Waals surface area contributed by atoms with Gasteiger partial charge in [0.1, 0.15) is 11.1 Å². The fraction of sp³-hybridized carbons (Fsp3) is 0.312.